The van der Waals surface area contributed by atoms with Crippen molar-refractivity contribution >= 4 is 29.2 Å². The number of halogens is 1. The molecule has 0 N–H and O–H groups in total. The predicted octanol–water partition coefficient (Wildman–Crippen LogP) is 1.99. The van der Waals surface area contributed by atoms with Gasteiger partial charge in [-0.05, 0) is 12.1 Å². The molecule has 2 aromatic rings. The van der Waals surface area contributed by atoms with Crippen molar-refractivity contribution in [3.8, 4) is 5.88 Å². The van der Waals surface area contributed by atoms with Crippen LogP contribution in [0.15, 0.2) is 24.3 Å². The van der Waals surface area contributed by atoms with E-state index in [4.69, 9.17) is 16.3 Å². The van der Waals surface area contributed by atoms with Gasteiger partial charge in [0.2, 0.25) is 5.88 Å². The molecule has 1 aromatic carbocycles. The van der Waals surface area contributed by atoms with Crippen molar-refractivity contribution in [3.63, 3.8) is 0 Å². The van der Waals surface area contributed by atoms with Crippen molar-refractivity contribution in [1.29, 1.82) is 0 Å². The predicted molar refractivity (Wildman–Crippen MR) is 77.6 cm³/mol. The molecule has 10 heteroatoms. The summed E-state index contributed by atoms with van der Waals surface area (Å²) >= 11 is 5.67. The van der Waals surface area contributed by atoms with Crippen LogP contribution in [0.25, 0.3) is 0 Å². The fourth-order valence-corrected chi connectivity index (χ4v) is 1.91. The van der Waals surface area contributed by atoms with Gasteiger partial charge in [0.1, 0.15) is 10.7 Å². The van der Waals surface area contributed by atoms with Crippen molar-refractivity contribution < 1.29 is 24.0 Å². The maximum absolute atomic E-state index is 12.0. The van der Waals surface area contributed by atoms with E-state index >= 15 is 0 Å². The van der Waals surface area contributed by atoms with Crippen LogP contribution in [0.2, 0.25) is 5.02 Å². The summed E-state index contributed by atoms with van der Waals surface area (Å²) in [7, 11) is 2.67. The molecule has 1 heterocycles. The number of nitro benzene ring substituents is 1. The molecule has 0 saturated heterocycles. The normalized spacial score (nSPS) is 10.2. The summed E-state index contributed by atoms with van der Waals surface area (Å²) in [6.45, 7) is 0. The fraction of sp³-hybridized carbons (Fsp3) is 0.154. The number of methoxy groups -OCH3 is 1. The summed E-state index contributed by atoms with van der Waals surface area (Å²) in [4.78, 5) is 33.6. The Morgan fingerprint density at radius 2 is 2.00 bits per heavy atom. The van der Waals surface area contributed by atoms with E-state index in [2.05, 4.69) is 9.84 Å². The van der Waals surface area contributed by atoms with Gasteiger partial charge in [-0.25, -0.2) is 9.59 Å². The third-order valence-electron chi connectivity index (χ3n) is 2.83. The van der Waals surface area contributed by atoms with E-state index in [1.165, 1.54) is 37.0 Å². The summed E-state index contributed by atoms with van der Waals surface area (Å²) < 4.78 is 10.7. The third kappa shape index (κ3) is 3.46. The first-order valence-corrected chi connectivity index (χ1v) is 6.49. The smallest absolute Gasteiger partial charge is 0.356 e. The summed E-state index contributed by atoms with van der Waals surface area (Å²) in [5.41, 5.74) is -0.416. The summed E-state index contributed by atoms with van der Waals surface area (Å²) in [6, 6.07) is 4.71. The zero-order valence-electron chi connectivity index (χ0n) is 12.0. The molecule has 0 fully saturated rings. The molecule has 0 bridgehead atoms. The number of nitrogens with zero attached hydrogens (tertiary/aromatic N) is 3. The Hall–Kier alpha value is -2.94. The van der Waals surface area contributed by atoms with Gasteiger partial charge in [0.15, 0.2) is 0 Å². The SMILES string of the molecule is COC(=O)c1cc(OC(=O)c2ccc(Cl)c([N+](=O)[O-])c2)nn1C. The maximum atomic E-state index is 12.0. The Labute approximate surface area is 134 Å². The summed E-state index contributed by atoms with van der Waals surface area (Å²) in [5, 5.41) is 14.5. The van der Waals surface area contributed by atoms with Gasteiger partial charge in [-0.15, -0.1) is 5.10 Å². The number of carbonyl (C=O) groups is 2. The van der Waals surface area contributed by atoms with Gasteiger partial charge in [0, 0.05) is 19.2 Å². The van der Waals surface area contributed by atoms with Gasteiger partial charge >= 0.3 is 11.9 Å². The summed E-state index contributed by atoms with van der Waals surface area (Å²) in [6.07, 6.45) is 0. The van der Waals surface area contributed by atoms with Crippen LogP contribution in [0.4, 0.5) is 5.69 Å². The standard InChI is InChI=1S/C13H10ClN3O6/c1-16-10(13(19)22-2)6-11(15-16)23-12(18)7-3-4-8(14)9(5-7)17(20)21/h3-6H,1-2H3. The minimum atomic E-state index is -0.876. The van der Waals surface area contributed by atoms with E-state index in [9.17, 15) is 19.7 Å². The number of aryl methyl sites for hydroxylation is 1. The Morgan fingerprint density at radius 3 is 2.61 bits per heavy atom. The van der Waals surface area contributed by atoms with Gasteiger partial charge in [-0.3, -0.25) is 14.8 Å². The number of aromatic nitrogens is 2. The summed E-state index contributed by atoms with van der Waals surface area (Å²) in [5.74, 6) is -1.67. The van der Waals surface area contributed by atoms with Crippen LogP contribution in [0.1, 0.15) is 20.8 Å². The Bertz CT molecular complexity index is 801. The molecule has 0 atom stereocenters. The molecule has 0 amide bonds. The largest absolute Gasteiger partial charge is 0.464 e. The van der Waals surface area contributed by atoms with Crippen LogP contribution >= 0.6 is 11.6 Å². The molecule has 120 valence electrons. The monoisotopic (exact) mass is 339 g/mol. The molecular formula is C13H10ClN3O6. The van der Waals surface area contributed by atoms with Crippen molar-refractivity contribution in [3.05, 3.63) is 50.7 Å². The van der Waals surface area contributed by atoms with Gasteiger partial charge in [-0.1, -0.05) is 11.6 Å². The number of benzene rings is 1. The number of ether oxygens (including phenoxy) is 2. The minimum absolute atomic E-state index is 0.0774. The van der Waals surface area contributed by atoms with Crippen LogP contribution in [0.5, 0.6) is 5.88 Å². The average molecular weight is 340 g/mol. The lowest BCUT2D eigenvalue weighted by Gasteiger charge is -2.01. The Kier molecular flexibility index (Phi) is 4.60. The number of esters is 2. The maximum Gasteiger partial charge on any atom is 0.356 e. The minimum Gasteiger partial charge on any atom is -0.464 e. The highest BCUT2D eigenvalue weighted by Crippen LogP contribution is 2.25. The van der Waals surface area contributed by atoms with Gasteiger partial charge in [0.25, 0.3) is 5.69 Å². The van der Waals surface area contributed by atoms with E-state index in [1.807, 2.05) is 0 Å². The van der Waals surface area contributed by atoms with Crippen LogP contribution in [0, 0.1) is 10.1 Å². The quantitative estimate of drug-likeness (QED) is 0.475. The van der Waals surface area contributed by atoms with Crippen molar-refractivity contribution in [2.24, 2.45) is 7.05 Å². The number of nitro groups is 1. The highest BCUT2D eigenvalue weighted by Gasteiger charge is 2.20. The zero-order chi connectivity index (χ0) is 17.1. The van der Waals surface area contributed by atoms with Crippen LogP contribution in [-0.2, 0) is 11.8 Å². The molecule has 0 aliphatic heterocycles. The van der Waals surface area contributed by atoms with Crippen molar-refractivity contribution in [1.82, 2.24) is 9.78 Å². The second-order valence-corrected chi connectivity index (χ2v) is 4.70. The lowest BCUT2D eigenvalue weighted by molar-refractivity contribution is -0.384. The molecule has 9 nitrogen and oxygen atoms in total. The second kappa shape index (κ2) is 6.44. The molecule has 1 aromatic heterocycles. The molecule has 0 saturated carbocycles. The first-order valence-electron chi connectivity index (χ1n) is 6.12. The highest BCUT2D eigenvalue weighted by atomic mass is 35.5. The van der Waals surface area contributed by atoms with Crippen molar-refractivity contribution in [2.45, 2.75) is 0 Å². The lowest BCUT2D eigenvalue weighted by atomic mass is 10.2. The number of hydrogen-bond acceptors (Lipinski definition) is 7. The van der Waals surface area contributed by atoms with Gasteiger partial charge in [-0.2, -0.15) is 0 Å². The van der Waals surface area contributed by atoms with Crippen molar-refractivity contribution in [2.75, 3.05) is 7.11 Å². The van der Waals surface area contributed by atoms with Crippen LogP contribution in [-0.4, -0.2) is 33.8 Å². The molecular weight excluding hydrogens is 330 g/mol. The lowest BCUT2D eigenvalue weighted by Crippen LogP contribution is -2.09. The molecule has 0 unspecified atom stereocenters. The zero-order valence-corrected chi connectivity index (χ0v) is 12.7. The molecule has 0 spiro atoms. The molecule has 23 heavy (non-hydrogen) atoms. The van der Waals surface area contributed by atoms with Crippen LogP contribution in [0.3, 0.4) is 0 Å². The molecule has 2 rings (SSSR count). The fourth-order valence-electron chi connectivity index (χ4n) is 1.72. The van der Waals surface area contributed by atoms with E-state index in [1.54, 1.807) is 0 Å². The third-order valence-corrected chi connectivity index (χ3v) is 3.15. The first kappa shape index (κ1) is 16.4. The number of carbonyl (C=O) groups excluding carboxylic acids is 2. The topological polar surface area (TPSA) is 114 Å². The van der Waals surface area contributed by atoms with Gasteiger partial charge < -0.3 is 9.47 Å². The molecule has 0 aliphatic rings. The Balaban J connectivity index is 2.24. The number of rotatable bonds is 4. The number of hydrogen-bond donors (Lipinski definition) is 0. The van der Waals surface area contributed by atoms with E-state index in [-0.39, 0.29) is 22.2 Å². The second-order valence-electron chi connectivity index (χ2n) is 4.30. The Morgan fingerprint density at radius 1 is 1.30 bits per heavy atom. The van der Waals surface area contributed by atoms with Crippen LogP contribution < -0.4 is 4.74 Å². The highest BCUT2D eigenvalue weighted by molar-refractivity contribution is 6.32. The van der Waals surface area contributed by atoms with E-state index in [0.717, 1.165) is 6.07 Å². The molecule has 0 aliphatic carbocycles. The first-order chi connectivity index (χ1) is 10.8. The van der Waals surface area contributed by atoms with E-state index < -0.39 is 22.5 Å². The molecule has 0 radical (unpaired) electrons. The van der Waals surface area contributed by atoms with Gasteiger partial charge in [0.05, 0.1) is 17.6 Å². The average Bonchev–Trinajstić information content (AvgIpc) is 2.87. The van der Waals surface area contributed by atoms with E-state index in [0.29, 0.717) is 0 Å².